The van der Waals surface area contributed by atoms with Crippen LogP contribution < -0.4 is 4.74 Å². The van der Waals surface area contributed by atoms with Crippen LogP contribution in [0.15, 0.2) is 12.1 Å². The molecule has 0 aliphatic carbocycles. The monoisotopic (exact) mass is 315 g/mol. The van der Waals surface area contributed by atoms with Crippen molar-refractivity contribution >= 4 is 28.4 Å². The minimum atomic E-state index is -0.0548. The molecule has 4 heteroatoms. The van der Waals surface area contributed by atoms with Gasteiger partial charge in [0.15, 0.2) is 5.78 Å². The minimum Gasteiger partial charge on any atom is -0.493 e. The Morgan fingerprint density at radius 1 is 1.60 bits per heavy atom. The second-order valence-corrected chi connectivity index (χ2v) is 4.09. The lowest BCUT2D eigenvalue weighted by molar-refractivity contribution is 0.101. The van der Waals surface area contributed by atoms with Crippen LogP contribution in [-0.4, -0.2) is 12.4 Å². The molecule has 0 aliphatic rings. The summed E-state index contributed by atoms with van der Waals surface area (Å²) in [6.45, 7) is 3.81. The Labute approximate surface area is 102 Å². The van der Waals surface area contributed by atoms with Gasteiger partial charge in [0.2, 0.25) is 0 Å². The predicted molar refractivity (Wildman–Crippen MR) is 65.0 cm³/mol. The summed E-state index contributed by atoms with van der Waals surface area (Å²) < 4.78 is 6.09. The quantitative estimate of drug-likeness (QED) is 0.636. The Balaban J connectivity index is 3.33. The van der Waals surface area contributed by atoms with E-state index in [0.717, 1.165) is 3.57 Å². The van der Waals surface area contributed by atoms with Crippen molar-refractivity contribution in [2.24, 2.45) is 0 Å². The van der Waals surface area contributed by atoms with Crippen molar-refractivity contribution in [2.75, 3.05) is 6.61 Å². The molecule has 0 spiro atoms. The van der Waals surface area contributed by atoms with Gasteiger partial charge in [0, 0.05) is 3.57 Å². The molecule has 0 atom stereocenters. The maximum absolute atomic E-state index is 11.3. The molecule has 0 heterocycles. The maximum atomic E-state index is 11.3. The average Bonchev–Trinajstić information content (AvgIpc) is 2.20. The molecule has 1 rings (SSSR count). The van der Waals surface area contributed by atoms with Gasteiger partial charge in [-0.2, -0.15) is 5.26 Å². The average molecular weight is 315 g/mol. The van der Waals surface area contributed by atoms with Crippen molar-refractivity contribution in [3.8, 4) is 11.8 Å². The van der Waals surface area contributed by atoms with Crippen molar-refractivity contribution in [3.05, 3.63) is 26.8 Å². The summed E-state index contributed by atoms with van der Waals surface area (Å²) in [6, 6.07) is 5.36. The fraction of sp³-hybridized carbons (Fsp3) is 0.273. The lowest BCUT2D eigenvalue weighted by Crippen LogP contribution is -2.02. The number of halogens is 1. The largest absolute Gasteiger partial charge is 0.493 e. The maximum Gasteiger partial charge on any atom is 0.163 e. The van der Waals surface area contributed by atoms with E-state index in [0.29, 0.717) is 23.5 Å². The van der Waals surface area contributed by atoms with Gasteiger partial charge in [0.25, 0.3) is 0 Å². The van der Waals surface area contributed by atoms with Gasteiger partial charge < -0.3 is 4.74 Å². The predicted octanol–water partition coefficient (Wildman–Crippen LogP) is 2.76. The number of ketones is 1. The smallest absolute Gasteiger partial charge is 0.163 e. The molecular weight excluding hydrogens is 305 g/mol. The number of carbonyl (C=O) groups is 1. The van der Waals surface area contributed by atoms with Gasteiger partial charge in [-0.25, -0.2) is 0 Å². The number of nitrogens with zero attached hydrogens (tertiary/aromatic N) is 1. The number of hydrogen-bond donors (Lipinski definition) is 0. The topological polar surface area (TPSA) is 50.1 Å². The summed E-state index contributed by atoms with van der Waals surface area (Å²) >= 11 is 2.03. The lowest BCUT2D eigenvalue weighted by atomic mass is 10.1. The fourth-order valence-electron chi connectivity index (χ4n) is 1.19. The van der Waals surface area contributed by atoms with E-state index in [4.69, 9.17) is 10.00 Å². The third-order valence-electron chi connectivity index (χ3n) is 1.87. The Bertz CT molecular complexity index is 435. The second kappa shape index (κ2) is 5.12. The molecule has 0 aromatic heterocycles. The molecule has 0 N–H and O–H groups in total. The van der Waals surface area contributed by atoms with Crippen LogP contribution in [0.4, 0.5) is 0 Å². The van der Waals surface area contributed by atoms with Gasteiger partial charge in [-0.3, -0.25) is 4.79 Å². The van der Waals surface area contributed by atoms with Crippen molar-refractivity contribution < 1.29 is 9.53 Å². The zero-order valence-electron chi connectivity index (χ0n) is 8.50. The van der Waals surface area contributed by atoms with Gasteiger partial charge >= 0.3 is 0 Å². The molecule has 0 saturated heterocycles. The van der Waals surface area contributed by atoms with E-state index in [9.17, 15) is 4.79 Å². The van der Waals surface area contributed by atoms with Crippen LogP contribution in [0.25, 0.3) is 0 Å². The highest BCUT2D eigenvalue weighted by molar-refractivity contribution is 14.1. The highest BCUT2D eigenvalue weighted by atomic mass is 127. The third-order valence-corrected chi connectivity index (χ3v) is 2.76. The number of nitriles is 1. The fourth-order valence-corrected chi connectivity index (χ4v) is 1.78. The van der Waals surface area contributed by atoms with E-state index in [1.165, 1.54) is 6.92 Å². The lowest BCUT2D eigenvalue weighted by Gasteiger charge is -2.09. The van der Waals surface area contributed by atoms with E-state index < -0.39 is 0 Å². The van der Waals surface area contributed by atoms with E-state index in [1.807, 2.05) is 29.5 Å². The van der Waals surface area contributed by atoms with Crippen molar-refractivity contribution in [1.82, 2.24) is 0 Å². The second-order valence-electron chi connectivity index (χ2n) is 2.93. The minimum absolute atomic E-state index is 0.0548. The van der Waals surface area contributed by atoms with Crippen LogP contribution in [0.2, 0.25) is 0 Å². The Morgan fingerprint density at radius 3 is 2.73 bits per heavy atom. The van der Waals surface area contributed by atoms with Gasteiger partial charge in [-0.15, -0.1) is 0 Å². The highest BCUT2D eigenvalue weighted by Gasteiger charge is 2.12. The first-order chi connectivity index (χ1) is 7.10. The van der Waals surface area contributed by atoms with Crippen molar-refractivity contribution in [1.29, 1.82) is 5.26 Å². The molecule has 1 aromatic carbocycles. The molecule has 0 saturated carbocycles. The molecule has 0 radical (unpaired) electrons. The first-order valence-corrected chi connectivity index (χ1v) is 5.55. The van der Waals surface area contributed by atoms with E-state index >= 15 is 0 Å². The number of ether oxygens (including phenoxy) is 1. The molecule has 0 unspecified atom stereocenters. The van der Waals surface area contributed by atoms with E-state index in [1.54, 1.807) is 12.1 Å². The van der Waals surface area contributed by atoms with E-state index in [-0.39, 0.29) is 5.78 Å². The molecule has 0 aliphatic heterocycles. The molecule has 0 amide bonds. The van der Waals surface area contributed by atoms with Crippen LogP contribution in [0.5, 0.6) is 5.75 Å². The molecule has 0 fully saturated rings. The SMILES string of the molecule is CCOc1cc(C#N)c(I)cc1C(C)=O. The van der Waals surface area contributed by atoms with Crippen LogP contribution in [0.3, 0.4) is 0 Å². The van der Waals surface area contributed by atoms with Crippen LogP contribution in [-0.2, 0) is 0 Å². The number of benzene rings is 1. The molecule has 1 aromatic rings. The Hall–Kier alpha value is -1.09. The van der Waals surface area contributed by atoms with Gasteiger partial charge in [-0.05, 0) is 48.6 Å². The van der Waals surface area contributed by atoms with Crippen LogP contribution in [0.1, 0.15) is 29.8 Å². The summed E-state index contributed by atoms with van der Waals surface area (Å²) in [5.74, 6) is 0.433. The Morgan fingerprint density at radius 2 is 2.27 bits per heavy atom. The molecule has 78 valence electrons. The number of hydrogen-bond acceptors (Lipinski definition) is 3. The third kappa shape index (κ3) is 2.69. The van der Waals surface area contributed by atoms with Gasteiger partial charge in [0.05, 0.1) is 17.7 Å². The molecule has 3 nitrogen and oxygen atoms in total. The summed E-state index contributed by atoms with van der Waals surface area (Å²) in [5.41, 5.74) is 1.06. The first kappa shape index (κ1) is 12.0. The van der Waals surface area contributed by atoms with Crippen molar-refractivity contribution in [3.63, 3.8) is 0 Å². The standard InChI is InChI=1S/C11H10INO2/c1-3-15-11-4-8(6-13)10(12)5-9(11)7(2)14/h4-5H,3H2,1-2H3. The first-order valence-electron chi connectivity index (χ1n) is 4.47. The summed E-state index contributed by atoms with van der Waals surface area (Å²) in [5, 5.41) is 8.85. The molecule has 0 bridgehead atoms. The summed E-state index contributed by atoms with van der Waals surface area (Å²) in [4.78, 5) is 11.3. The van der Waals surface area contributed by atoms with Crippen LogP contribution >= 0.6 is 22.6 Å². The summed E-state index contributed by atoms with van der Waals surface area (Å²) in [7, 11) is 0. The number of carbonyl (C=O) groups excluding carboxylic acids is 1. The zero-order chi connectivity index (χ0) is 11.4. The highest BCUT2D eigenvalue weighted by Crippen LogP contribution is 2.25. The van der Waals surface area contributed by atoms with E-state index in [2.05, 4.69) is 6.07 Å². The van der Waals surface area contributed by atoms with Crippen LogP contribution in [0, 0.1) is 14.9 Å². The number of rotatable bonds is 3. The van der Waals surface area contributed by atoms with Gasteiger partial charge in [-0.1, -0.05) is 0 Å². The normalized spacial score (nSPS) is 9.47. The Kier molecular flexibility index (Phi) is 4.09. The molecule has 15 heavy (non-hydrogen) atoms. The summed E-state index contributed by atoms with van der Waals surface area (Å²) in [6.07, 6.45) is 0. The molecular formula is C11H10INO2. The van der Waals surface area contributed by atoms with Gasteiger partial charge in [0.1, 0.15) is 11.8 Å². The zero-order valence-corrected chi connectivity index (χ0v) is 10.7. The number of Topliss-reactive ketones (excluding diaryl/α,β-unsaturated/α-hetero) is 1. The van der Waals surface area contributed by atoms with Crippen molar-refractivity contribution in [2.45, 2.75) is 13.8 Å².